The molecule has 0 aromatic rings. The van der Waals surface area contributed by atoms with Crippen molar-refractivity contribution in [3.05, 3.63) is 11.6 Å². The highest BCUT2D eigenvalue weighted by Gasteiger charge is 2.59. The zero-order chi connectivity index (χ0) is 32.3. The van der Waals surface area contributed by atoms with Crippen LogP contribution >= 0.6 is 0 Å². The molecule has 0 aromatic heterocycles. The fraction of sp³-hybridized carbons (Fsp3) is 0.930. The zero-order valence-corrected chi connectivity index (χ0v) is 31.1. The van der Waals surface area contributed by atoms with Gasteiger partial charge < -0.3 is 4.74 Å². The van der Waals surface area contributed by atoms with Crippen LogP contribution in [0.3, 0.4) is 0 Å². The van der Waals surface area contributed by atoms with Gasteiger partial charge in [-0.05, 0) is 97.7 Å². The normalized spacial score (nSPS) is 33.3. The molecular weight excluding hydrogens is 548 g/mol. The van der Waals surface area contributed by atoms with Crippen LogP contribution in [0.2, 0.25) is 0 Å². The fourth-order valence-electron chi connectivity index (χ4n) is 11.3. The van der Waals surface area contributed by atoms with Gasteiger partial charge in [0.1, 0.15) is 6.10 Å². The molecule has 4 rings (SSSR count). The Labute approximate surface area is 281 Å². The number of rotatable bonds is 20. The zero-order valence-electron chi connectivity index (χ0n) is 31.1. The molecule has 0 aliphatic heterocycles. The Balaban J connectivity index is 1.14. The first kappa shape index (κ1) is 37.0. The molecule has 0 N–H and O–H groups in total. The van der Waals surface area contributed by atoms with E-state index < -0.39 is 0 Å². The molecule has 0 amide bonds. The number of carbonyl (C=O) groups excluding carboxylic acids is 1. The fourth-order valence-corrected chi connectivity index (χ4v) is 11.3. The molecule has 2 heteroatoms. The van der Waals surface area contributed by atoms with Crippen LogP contribution in [0.5, 0.6) is 0 Å². The first-order chi connectivity index (χ1) is 21.7. The minimum atomic E-state index is 0.0638. The van der Waals surface area contributed by atoms with Gasteiger partial charge in [-0.15, -0.1) is 0 Å². The molecule has 3 fully saturated rings. The number of fused-ring (bicyclic) bond motifs is 5. The van der Waals surface area contributed by atoms with Crippen LogP contribution < -0.4 is 0 Å². The standard InChI is InChI=1S/C43H76O2/c1-7-8-9-10-11-12-13-14-15-16-17-18-19-23-41(44)45-36-28-30-42(5)35(32-36)24-25-37-39-27-26-38(34(4)22-20-21-33(2)3)43(39,6)31-29-40(37)42/h24,33-34,36-40H,7-23,25-32H2,1-6H3/t34-,36+,37+,38+,39+,40+,42+,43-/m1/s1. The van der Waals surface area contributed by atoms with Gasteiger partial charge >= 0.3 is 5.97 Å². The second kappa shape index (κ2) is 18.1. The van der Waals surface area contributed by atoms with E-state index in [2.05, 4.69) is 47.6 Å². The summed E-state index contributed by atoms with van der Waals surface area (Å²) in [5, 5.41) is 0. The van der Waals surface area contributed by atoms with Crippen molar-refractivity contribution in [2.75, 3.05) is 0 Å². The van der Waals surface area contributed by atoms with Crippen molar-refractivity contribution in [3.8, 4) is 0 Å². The third-order valence-electron chi connectivity index (χ3n) is 14.0. The van der Waals surface area contributed by atoms with Crippen LogP contribution in [0.1, 0.15) is 202 Å². The van der Waals surface area contributed by atoms with Gasteiger partial charge in [0.05, 0.1) is 0 Å². The molecule has 3 saturated carbocycles. The number of carbonyl (C=O) groups is 1. The van der Waals surface area contributed by atoms with Crippen molar-refractivity contribution < 1.29 is 9.53 Å². The van der Waals surface area contributed by atoms with Crippen molar-refractivity contribution in [3.63, 3.8) is 0 Å². The van der Waals surface area contributed by atoms with E-state index in [0.29, 0.717) is 17.3 Å². The first-order valence-corrected chi connectivity index (χ1v) is 20.6. The Bertz CT molecular complexity index is 904. The highest BCUT2D eigenvalue weighted by Crippen LogP contribution is 2.67. The second-order valence-corrected chi connectivity index (χ2v) is 17.6. The molecule has 0 aromatic carbocycles. The molecule has 0 radical (unpaired) electrons. The summed E-state index contributed by atoms with van der Waals surface area (Å²) in [5.41, 5.74) is 2.54. The quantitative estimate of drug-likeness (QED) is 0.0765. The number of ether oxygens (including phenoxy) is 1. The van der Waals surface area contributed by atoms with E-state index in [4.69, 9.17) is 4.74 Å². The molecule has 0 heterocycles. The summed E-state index contributed by atoms with van der Waals surface area (Å²) >= 11 is 0. The molecule has 4 aliphatic carbocycles. The molecule has 0 bridgehead atoms. The van der Waals surface area contributed by atoms with Crippen molar-refractivity contribution in [2.45, 2.75) is 208 Å². The van der Waals surface area contributed by atoms with Crippen LogP contribution in [0.4, 0.5) is 0 Å². The van der Waals surface area contributed by atoms with Gasteiger partial charge in [-0.25, -0.2) is 0 Å². The number of esters is 1. The molecule has 2 nitrogen and oxygen atoms in total. The molecule has 0 unspecified atom stereocenters. The highest BCUT2D eigenvalue weighted by molar-refractivity contribution is 5.69. The largest absolute Gasteiger partial charge is 0.462 e. The number of allylic oxidation sites excluding steroid dienone is 1. The lowest BCUT2D eigenvalue weighted by molar-refractivity contribution is -0.151. The number of hydrogen-bond acceptors (Lipinski definition) is 2. The Hall–Kier alpha value is -0.790. The third-order valence-corrected chi connectivity index (χ3v) is 14.0. The maximum absolute atomic E-state index is 12.8. The second-order valence-electron chi connectivity index (χ2n) is 17.6. The lowest BCUT2D eigenvalue weighted by atomic mass is 9.47. The van der Waals surface area contributed by atoms with Crippen molar-refractivity contribution in [2.24, 2.45) is 46.3 Å². The average Bonchev–Trinajstić information content (AvgIpc) is 3.37. The minimum absolute atomic E-state index is 0.0638. The SMILES string of the molecule is CCCCCCCCCCCCCCCC(=O)O[C@H]1CC[C@@]2(C)C(=CC[C@H]3[C@@H]4CC[C@@H]([C@H](C)CCCC(C)C)[C@@]4(C)CC[C@@H]32)C1. The summed E-state index contributed by atoms with van der Waals surface area (Å²) < 4.78 is 6.12. The van der Waals surface area contributed by atoms with Crippen LogP contribution in [-0.4, -0.2) is 12.1 Å². The summed E-state index contributed by atoms with van der Waals surface area (Å²) in [7, 11) is 0. The predicted octanol–water partition coefficient (Wildman–Crippen LogP) is 13.4. The lowest BCUT2D eigenvalue weighted by Gasteiger charge is -2.58. The topological polar surface area (TPSA) is 26.3 Å². The molecule has 8 atom stereocenters. The van der Waals surface area contributed by atoms with Crippen molar-refractivity contribution >= 4 is 5.97 Å². The molecule has 0 saturated heterocycles. The highest BCUT2D eigenvalue weighted by atomic mass is 16.5. The van der Waals surface area contributed by atoms with E-state index in [1.165, 1.54) is 135 Å². The molecule has 0 spiro atoms. The monoisotopic (exact) mass is 625 g/mol. The smallest absolute Gasteiger partial charge is 0.306 e. The molecule has 260 valence electrons. The van der Waals surface area contributed by atoms with Gasteiger partial charge in [-0.1, -0.05) is 150 Å². The Morgan fingerprint density at radius 1 is 0.778 bits per heavy atom. The van der Waals surface area contributed by atoms with Crippen LogP contribution in [0, 0.1) is 46.3 Å². The van der Waals surface area contributed by atoms with Crippen molar-refractivity contribution in [1.82, 2.24) is 0 Å². The van der Waals surface area contributed by atoms with E-state index in [1.54, 1.807) is 5.57 Å². The van der Waals surface area contributed by atoms with Gasteiger partial charge in [-0.2, -0.15) is 0 Å². The summed E-state index contributed by atoms with van der Waals surface area (Å²) in [5.74, 6) is 5.34. The first-order valence-electron chi connectivity index (χ1n) is 20.6. The summed E-state index contributed by atoms with van der Waals surface area (Å²) in [6, 6.07) is 0. The van der Waals surface area contributed by atoms with E-state index in [-0.39, 0.29) is 12.1 Å². The van der Waals surface area contributed by atoms with Gasteiger partial charge in [0.2, 0.25) is 0 Å². The van der Waals surface area contributed by atoms with E-state index in [1.807, 2.05) is 0 Å². The summed E-state index contributed by atoms with van der Waals surface area (Å²) in [4.78, 5) is 12.8. The maximum atomic E-state index is 12.8. The third kappa shape index (κ3) is 9.87. The Kier molecular flexibility index (Phi) is 14.9. The van der Waals surface area contributed by atoms with Crippen LogP contribution in [0.25, 0.3) is 0 Å². The van der Waals surface area contributed by atoms with E-state index >= 15 is 0 Å². The van der Waals surface area contributed by atoms with Gasteiger partial charge in [0, 0.05) is 12.8 Å². The maximum Gasteiger partial charge on any atom is 0.306 e. The Morgan fingerprint density at radius 2 is 1.42 bits per heavy atom. The summed E-state index contributed by atoms with van der Waals surface area (Å²) in [6.07, 6.45) is 35.4. The minimum Gasteiger partial charge on any atom is -0.462 e. The van der Waals surface area contributed by atoms with E-state index in [9.17, 15) is 4.79 Å². The predicted molar refractivity (Wildman–Crippen MR) is 193 cm³/mol. The summed E-state index contributed by atoms with van der Waals surface area (Å²) in [6.45, 7) is 14.9. The van der Waals surface area contributed by atoms with Gasteiger partial charge in [-0.3, -0.25) is 4.79 Å². The van der Waals surface area contributed by atoms with Crippen LogP contribution in [0.15, 0.2) is 11.6 Å². The Morgan fingerprint density at radius 3 is 2.07 bits per heavy atom. The number of unbranched alkanes of at least 4 members (excludes halogenated alkanes) is 12. The van der Waals surface area contributed by atoms with Crippen molar-refractivity contribution in [1.29, 1.82) is 0 Å². The molecule has 45 heavy (non-hydrogen) atoms. The molecule has 4 aliphatic rings. The number of hydrogen-bond donors (Lipinski definition) is 0. The average molecular weight is 625 g/mol. The van der Waals surface area contributed by atoms with Gasteiger partial charge in [0.15, 0.2) is 0 Å². The lowest BCUT2D eigenvalue weighted by Crippen LogP contribution is -2.51. The molecular formula is C43H76O2. The van der Waals surface area contributed by atoms with E-state index in [0.717, 1.165) is 54.8 Å². The van der Waals surface area contributed by atoms with Crippen LogP contribution in [-0.2, 0) is 9.53 Å². The van der Waals surface area contributed by atoms with Gasteiger partial charge in [0.25, 0.3) is 0 Å².